The molecule has 7 aromatic rings. The van der Waals surface area contributed by atoms with E-state index in [1.54, 1.807) is 5.30 Å². The van der Waals surface area contributed by atoms with Crippen LogP contribution in [-0.4, -0.2) is 10.3 Å². The average Bonchev–Trinajstić information content (AvgIpc) is 3.76. The predicted octanol–water partition coefficient (Wildman–Crippen LogP) is 13.8. The van der Waals surface area contributed by atoms with Gasteiger partial charge in [0.15, 0.2) is 0 Å². The van der Waals surface area contributed by atoms with Crippen molar-refractivity contribution in [1.82, 2.24) is 0 Å². The second-order valence-electron chi connectivity index (χ2n) is 14.5. The van der Waals surface area contributed by atoms with Gasteiger partial charge in [-0.2, -0.15) is 12.1 Å². The van der Waals surface area contributed by atoms with Gasteiger partial charge in [0.2, 0.25) is 0 Å². The minimum absolute atomic E-state index is 0. The molecule has 0 heterocycles. The summed E-state index contributed by atoms with van der Waals surface area (Å²) in [5.41, 5.74) is 12.5. The van der Waals surface area contributed by atoms with E-state index < -0.39 is 0 Å². The van der Waals surface area contributed by atoms with Crippen LogP contribution in [0, 0.1) is 0 Å². The van der Waals surface area contributed by atoms with Crippen LogP contribution in [-0.2, 0) is 17.1 Å². The molecule has 2 heteroatoms. The van der Waals surface area contributed by atoms with Crippen molar-refractivity contribution in [3.63, 3.8) is 0 Å². The van der Waals surface area contributed by atoms with E-state index in [9.17, 15) is 0 Å². The maximum atomic E-state index is 2.36. The molecule has 0 aliphatic heterocycles. The molecule has 0 atom stereocenters. The number of rotatable bonds is 6. The zero-order chi connectivity index (χ0) is 34.4. The molecule has 0 amide bonds. The normalized spacial score (nSPS) is 11.4. The molecule has 0 unspecified atom stereocenters. The maximum Gasteiger partial charge on any atom is 2.00 e. The third-order valence-electron chi connectivity index (χ3n) is 8.81. The van der Waals surface area contributed by atoms with Crippen LogP contribution in [0.25, 0.3) is 55.6 Å². The first-order chi connectivity index (χ1) is 23.6. The fourth-order valence-corrected chi connectivity index (χ4v) is 11.4. The van der Waals surface area contributed by atoms with E-state index in [1.165, 1.54) is 55.6 Å². The molecule has 0 nitrogen and oxygen atoms in total. The van der Waals surface area contributed by atoms with Crippen LogP contribution in [0.3, 0.4) is 0 Å². The molecule has 252 valence electrons. The Morgan fingerprint density at radius 2 is 0.760 bits per heavy atom. The molecule has 0 spiro atoms. The fourth-order valence-electron chi connectivity index (χ4n) is 7.39. The van der Waals surface area contributed by atoms with Gasteiger partial charge in [0.1, 0.15) is 0 Å². The standard InChI is InChI=1S/C35H25.C13H22P.Fe/c1-6-16-26(17-7-1)31-32(27-18-8-2-9-19-27)34(29-22-12-4-13-23-29)35(30-24-14-5-15-25-30)33(31)28-20-10-3-11-21-28;1-12(2,3)14(13(4,5)6)11-9-7-8-10-11;/h1-25H;7-10H,1-6H3;/q2*-1;+2. The summed E-state index contributed by atoms with van der Waals surface area (Å²) < 4.78 is 0. The average molecular weight is 711 g/mol. The molecule has 50 heavy (non-hydrogen) atoms. The summed E-state index contributed by atoms with van der Waals surface area (Å²) >= 11 is 0. The number of benzene rings is 5. The van der Waals surface area contributed by atoms with Crippen molar-refractivity contribution in [2.24, 2.45) is 0 Å². The van der Waals surface area contributed by atoms with Crippen molar-refractivity contribution in [3.8, 4) is 55.6 Å². The summed E-state index contributed by atoms with van der Waals surface area (Å²) in [4.78, 5) is 0. The molecule has 7 aromatic carbocycles. The van der Waals surface area contributed by atoms with Gasteiger partial charge in [-0.15, -0.1) is 5.30 Å². The summed E-state index contributed by atoms with van der Waals surface area (Å²) in [6, 6.07) is 63.0. The van der Waals surface area contributed by atoms with Crippen molar-refractivity contribution < 1.29 is 17.1 Å². The summed E-state index contributed by atoms with van der Waals surface area (Å²) in [6.45, 7) is 14.1. The Kier molecular flexibility index (Phi) is 12.0. The molecular weight excluding hydrogens is 663 g/mol. The predicted molar refractivity (Wildman–Crippen MR) is 217 cm³/mol. The van der Waals surface area contributed by atoms with E-state index in [2.05, 4.69) is 217 Å². The molecule has 0 fully saturated rings. The van der Waals surface area contributed by atoms with Crippen LogP contribution in [0.1, 0.15) is 41.5 Å². The number of hydrogen-bond acceptors (Lipinski definition) is 0. The Labute approximate surface area is 312 Å². The van der Waals surface area contributed by atoms with Crippen LogP contribution in [0.15, 0.2) is 176 Å². The smallest absolute Gasteiger partial charge is 0.213 e. The van der Waals surface area contributed by atoms with Crippen LogP contribution in [0.4, 0.5) is 0 Å². The summed E-state index contributed by atoms with van der Waals surface area (Å²) in [6.07, 6.45) is 0. The van der Waals surface area contributed by atoms with Crippen molar-refractivity contribution in [3.05, 3.63) is 176 Å². The van der Waals surface area contributed by atoms with Gasteiger partial charge in [0, 0.05) is 0 Å². The SMILES string of the molecule is CC(C)(C)P(c1ccc[cH-]1)C(C)(C)C.[Fe+2].c1ccc(-c2c(-c3ccccc3)c(-c3ccccc3)[c-](-c3ccccc3)c2-c2ccccc2)cc1. The molecule has 0 saturated carbocycles. The van der Waals surface area contributed by atoms with Gasteiger partial charge < -0.3 is 0 Å². The second-order valence-corrected chi connectivity index (χ2v) is 18.4. The van der Waals surface area contributed by atoms with Gasteiger partial charge in [-0.05, 0) is 21.4 Å². The first-order valence-corrected chi connectivity index (χ1v) is 18.6. The quantitative estimate of drug-likeness (QED) is 0.0916. The Hall–Kier alpha value is -4.25. The summed E-state index contributed by atoms with van der Waals surface area (Å²) in [7, 11) is -0.101. The molecule has 0 aliphatic rings. The van der Waals surface area contributed by atoms with Gasteiger partial charge in [-0.25, -0.2) is 12.1 Å². The van der Waals surface area contributed by atoms with Crippen molar-refractivity contribution >= 4 is 13.2 Å². The van der Waals surface area contributed by atoms with E-state index in [-0.39, 0.29) is 25.0 Å². The largest absolute Gasteiger partial charge is 2.00 e. The molecule has 0 aromatic heterocycles. The van der Waals surface area contributed by atoms with E-state index in [0.717, 1.165) is 0 Å². The van der Waals surface area contributed by atoms with Gasteiger partial charge in [0.05, 0.1) is 0 Å². The van der Waals surface area contributed by atoms with Crippen LogP contribution in [0.2, 0.25) is 0 Å². The van der Waals surface area contributed by atoms with Gasteiger partial charge >= 0.3 is 17.1 Å². The molecule has 0 N–H and O–H groups in total. The zero-order valence-electron chi connectivity index (χ0n) is 30.0. The van der Waals surface area contributed by atoms with Crippen LogP contribution < -0.4 is 5.30 Å². The second kappa shape index (κ2) is 16.2. The van der Waals surface area contributed by atoms with E-state index >= 15 is 0 Å². The summed E-state index contributed by atoms with van der Waals surface area (Å²) in [5.74, 6) is 0. The summed E-state index contributed by atoms with van der Waals surface area (Å²) in [5, 5.41) is 2.32. The Morgan fingerprint density at radius 3 is 1.08 bits per heavy atom. The molecule has 0 radical (unpaired) electrons. The monoisotopic (exact) mass is 710 g/mol. The third kappa shape index (κ3) is 8.20. The van der Waals surface area contributed by atoms with Gasteiger partial charge in [0.25, 0.3) is 0 Å². The first kappa shape index (κ1) is 37.0. The van der Waals surface area contributed by atoms with E-state index in [1.807, 2.05) is 0 Å². The minimum atomic E-state index is -0.101. The Morgan fingerprint density at radius 1 is 0.420 bits per heavy atom. The van der Waals surface area contributed by atoms with Crippen LogP contribution >= 0.6 is 7.92 Å². The van der Waals surface area contributed by atoms with E-state index in [4.69, 9.17) is 0 Å². The first-order valence-electron chi connectivity index (χ1n) is 17.3. The molecular formula is C48H47FeP. The third-order valence-corrected chi connectivity index (χ3v) is 12.3. The van der Waals surface area contributed by atoms with Crippen molar-refractivity contribution in [2.75, 3.05) is 0 Å². The van der Waals surface area contributed by atoms with Crippen LogP contribution in [0.5, 0.6) is 0 Å². The molecule has 0 bridgehead atoms. The van der Waals surface area contributed by atoms with E-state index in [0.29, 0.717) is 10.3 Å². The Balaban J connectivity index is 0.000000275. The Bertz CT molecular complexity index is 1720. The molecule has 0 aliphatic carbocycles. The zero-order valence-corrected chi connectivity index (χ0v) is 32.0. The van der Waals surface area contributed by atoms with Gasteiger partial charge in [-0.1, -0.05) is 246 Å². The minimum Gasteiger partial charge on any atom is -0.213 e. The molecule has 7 rings (SSSR count). The van der Waals surface area contributed by atoms with Gasteiger partial charge in [-0.3, -0.25) is 0 Å². The maximum absolute atomic E-state index is 2.36. The number of hydrogen-bond donors (Lipinski definition) is 0. The molecule has 0 saturated heterocycles. The fraction of sp³-hybridized carbons (Fsp3) is 0.167. The topological polar surface area (TPSA) is 0 Å². The van der Waals surface area contributed by atoms with Crippen molar-refractivity contribution in [2.45, 2.75) is 51.9 Å². The van der Waals surface area contributed by atoms with Crippen molar-refractivity contribution in [1.29, 1.82) is 0 Å².